The molecule has 0 unspecified atom stereocenters. The number of anilines is 1. The highest BCUT2D eigenvalue weighted by molar-refractivity contribution is 9.10. The Bertz CT molecular complexity index is 1130. The average Bonchev–Trinajstić information content (AvgIpc) is 3.35. The molecule has 0 bridgehead atoms. The smallest absolute Gasteiger partial charge is 0.292 e. The van der Waals surface area contributed by atoms with Crippen LogP contribution in [0.5, 0.6) is 0 Å². The van der Waals surface area contributed by atoms with Crippen LogP contribution in [0.25, 0.3) is 16.6 Å². The van der Waals surface area contributed by atoms with Gasteiger partial charge in [0.05, 0.1) is 16.9 Å². The van der Waals surface area contributed by atoms with Crippen LogP contribution in [0.2, 0.25) is 5.02 Å². The van der Waals surface area contributed by atoms with E-state index in [-0.39, 0.29) is 10.6 Å². The highest BCUT2D eigenvalue weighted by atomic mass is 79.9. The molecule has 0 N–H and O–H groups in total. The van der Waals surface area contributed by atoms with E-state index in [1.54, 1.807) is 4.68 Å². The standard InChI is InChI=1S/C20H21BrClN5O/c1-12(2)9-26(10-13-4-5-13)18-17(22)20(28)27(24-19(18)21)15-6-7-16-14(8-15)11-25(3)23-16/h6-8,11,13H,1,4-5,9-10H2,2-3H3. The summed E-state index contributed by atoms with van der Waals surface area (Å²) in [6, 6.07) is 5.58. The molecule has 0 aliphatic heterocycles. The summed E-state index contributed by atoms with van der Waals surface area (Å²) in [5.41, 5.74) is 2.81. The molecule has 4 rings (SSSR count). The Morgan fingerprint density at radius 3 is 2.82 bits per heavy atom. The molecule has 28 heavy (non-hydrogen) atoms. The molecule has 0 atom stereocenters. The average molecular weight is 463 g/mol. The van der Waals surface area contributed by atoms with Crippen molar-refractivity contribution in [2.75, 3.05) is 18.0 Å². The minimum absolute atomic E-state index is 0.162. The Morgan fingerprint density at radius 1 is 1.39 bits per heavy atom. The van der Waals surface area contributed by atoms with Gasteiger partial charge in [0, 0.05) is 31.7 Å². The molecule has 0 saturated heterocycles. The van der Waals surface area contributed by atoms with Gasteiger partial charge in [-0.1, -0.05) is 23.8 Å². The SMILES string of the molecule is C=C(C)CN(CC1CC1)c1c(Br)nn(-c2ccc3nn(C)cc3c2)c(=O)c1Cl. The second-order valence-corrected chi connectivity index (χ2v) is 8.63. The Balaban J connectivity index is 1.79. The molecule has 1 aliphatic rings. The lowest BCUT2D eigenvalue weighted by Gasteiger charge is -2.26. The minimum atomic E-state index is -0.342. The number of nitrogens with zero attached hydrogens (tertiary/aromatic N) is 5. The van der Waals surface area contributed by atoms with E-state index in [1.165, 1.54) is 17.5 Å². The van der Waals surface area contributed by atoms with Gasteiger partial charge in [-0.25, -0.2) is 0 Å². The zero-order chi connectivity index (χ0) is 20.0. The van der Waals surface area contributed by atoms with Crippen LogP contribution in [0.15, 0.2) is 45.9 Å². The van der Waals surface area contributed by atoms with Crippen molar-refractivity contribution in [3.05, 3.63) is 56.5 Å². The zero-order valence-electron chi connectivity index (χ0n) is 15.8. The van der Waals surface area contributed by atoms with E-state index in [0.717, 1.165) is 23.0 Å². The van der Waals surface area contributed by atoms with E-state index in [9.17, 15) is 4.79 Å². The first-order chi connectivity index (χ1) is 13.3. The van der Waals surface area contributed by atoms with Crippen molar-refractivity contribution in [2.24, 2.45) is 13.0 Å². The summed E-state index contributed by atoms with van der Waals surface area (Å²) in [7, 11) is 1.86. The molecular formula is C20H21BrClN5O. The van der Waals surface area contributed by atoms with Gasteiger partial charge in [0.1, 0.15) is 5.02 Å². The fraction of sp³-hybridized carbons (Fsp3) is 0.350. The van der Waals surface area contributed by atoms with Crippen molar-refractivity contribution in [2.45, 2.75) is 19.8 Å². The lowest BCUT2D eigenvalue weighted by molar-refractivity contribution is 0.728. The van der Waals surface area contributed by atoms with Gasteiger partial charge in [-0.2, -0.15) is 14.9 Å². The van der Waals surface area contributed by atoms with Gasteiger partial charge in [0.2, 0.25) is 0 Å². The van der Waals surface area contributed by atoms with E-state index < -0.39 is 0 Å². The number of halogens is 2. The van der Waals surface area contributed by atoms with Gasteiger partial charge in [0.25, 0.3) is 5.56 Å². The normalized spacial score (nSPS) is 13.9. The molecule has 2 heterocycles. The van der Waals surface area contributed by atoms with Gasteiger partial charge in [-0.3, -0.25) is 9.48 Å². The highest BCUT2D eigenvalue weighted by Gasteiger charge is 2.28. The topological polar surface area (TPSA) is 56.0 Å². The summed E-state index contributed by atoms with van der Waals surface area (Å²) in [6.45, 7) is 7.47. The van der Waals surface area contributed by atoms with Crippen molar-refractivity contribution >= 4 is 44.1 Å². The summed E-state index contributed by atoms with van der Waals surface area (Å²) in [5.74, 6) is 0.637. The van der Waals surface area contributed by atoms with E-state index >= 15 is 0 Å². The van der Waals surface area contributed by atoms with Crippen molar-refractivity contribution in [3.63, 3.8) is 0 Å². The molecule has 6 nitrogen and oxygen atoms in total. The summed E-state index contributed by atoms with van der Waals surface area (Å²) < 4.78 is 3.62. The van der Waals surface area contributed by atoms with Gasteiger partial charge in [-0.05, 0) is 59.8 Å². The van der Waals surface area contributed by atoms with Crippen LogP contribution >= 0.6 is 27.5 Å². The zero-order valence-corrected chi connectivity index (χ0v) is 18.2. The molecule has 0 radical (unpaired) electrons. The number of benzene rings is 1. The maximum Gasteiger partial charge on any atom is 0.292 e. The number of aromatic nitrogens is 4. The highest BCUT2D eigenvalue weighted by Crippen LogP contribution is 2.36. The lowest BCUT2D eigenvalue weighted by Crippen LogP contribution is -2.32. The first-order valence-corrected chi connectivity index (χ1v) is 10.3. The predicted octanol–water partition coefficient (Wildman–Crippen LogP) is 4.33. The molecule has 3 aromatic rings. The molecule has 1 fully saturated rings. The van der Waals surface area contributed by atoms with E-state index in [2.05, 4.69) is 37.6 Å². The van der Waals surface area contributed by atoms with Crippen LogP contribution in [0.1, 0.15) is 19.8 Å². The second-order valence-electron chi connectivity index (χ2n) is 7.50. The maximum absolute atomic E-state index is 13.1. The van der Waals surface area contributed by atoms with Gasteiger partial charge in [0.15, 0.2) is 4.60 Å². The fourth-order valence-corrected chi connectivity index (χ4v) is 4.36. The Kier molecular flexibility index (Phi) is 5.05. The third-order valence-corrected chi connectivity index (χ3v) is 5.65. The summed E-state index contributed by atoms with van der Waals surface area (Å²) in [5, 5.41) is 9.97. The predicted molar refractivity (Wildman–Crippen MR) is 117 cm³/mol. The number of fused-ring (bicyclic) bond motifs is 1. The monoisotopic (exact) mass is 461 g/mol. The molecule has 8 heteroatoms. The van der Waals surface area contributed by atoms with E-state index in [0.29, 0.717) is 28.4 Å². The Hall–Kier alpha value is -2.12. The van der Waals surface area contributed by atoms with Crippen molar-refractivity contribution in [1.82, 2.24) is 19.6 Å². The number of aryl methyl sites for hydroxylation is 1. The van der Waals surface area contributed by atoms with Gasteiger partial charge >= 0.3 is 0 Å². The minimum Gasteiger partial charge on any atom is -0.364 e. The fourth-order valence-electron chi connectivity index (χ4n) is 3.35. The molecule has 1 aromatic carbocycles. The lowest BCUT2D eigenvalue weighted by atomic mass is 10.2. The molecule has 0 amide bonds. The Labute approximate surface area is 176 Å². The maximum atomic E-state index is 13.1. The summed E-state index contributed by atoms with van der Waals surface area (Å²) in [6.07, 6.45) is 4.31. The first kappa shape index (κ1) is 19.2. The van der Waals surface area contributed by atoms with Gasteiger partial charge in [-0.15, -0.1) is 0 Å². The third kappa shape index (κ3) is 3.73. The molecule has 0 spiro atoms. The van der Waals surface area contributed by atoms with Crippen LogP contribution in [0, 0.1) is 5.92 Å². The largest absolute Gasteiger partial charge is 0.364 e. The molecule has 1 aliphatic carbocycles. The van der Waals surface area contributed by atoms with Crippen LogP contribution in [0.4, 0.5) is 5.69 Å². The Morgan fingerprint density at radius 2 is 2.14 bits per heavy atom. The van der Waals surface area contributed by atoms with E-state index in [1.807, 2.05) is 38.4 Å². The molecule has 2 aromatic heterocycles. The number of hydrogen-bond donors (Lipinski definition) is 0. The number of rotatable bonds is 6. The first-order valence-electron chi connectivity index (χ1n) is 9.15. The summed E-state index contributed by atoms with van der Waals surface area (Å²) in [4.78, 5) is 15.2. The molecule has 146 valence electrons. The van der Waals surface area contributed by atoms with Crippen molar-refractivity contribution in [1.29, 1.82) is 0 Å². The quantitative estimate of drug-likeness (QED) is 0.512. The summed E-state index contributed by atoms with van der Waals surface area (Å²) >= 11 is 10.1. The van der Waals surface area contributed by atoms with Crippen molar-refractivity contribution < 1.29 is 0 Å². The van der Waals surface area contributed by atoms with Crippen LogP contribution < -0.4 is 10.5 Å². The van der Waals surface area contributed by atoms with Crippen LogP contribution in [-0.4, -0.2) is 32.7 Å². The molecular weight excluding hydrogens is 442 g/mol. The third-order valence-electron chi connectivity index (χ3n) is 4.77. The second kappa shape index (κ2) is 7.37. The van der Waals surface area contributed by atoms with Crippen LogP contribution in [-0.2, 0) is 7.05 Å². The van der Waals surface area contributed by atoms with Gasteiger partial charge < -0.3 is 4.90 Å². The van der Waals surface area contributed by atoms with Crippen LogP contribution in [0.3, 0.4) is 0 Å². The number of hydrogen-bond acceptors (Lipinski definition) is 4. The van der Waals surface area contributed by atoms with E-state index in [4.69, 9.17) is 11.6 Å². The van der Waals surface area contributed by atoms with Crippen molar-refractivity contribution in [3.8, 4) is 5.69 Å². The molecule has 1 saturated carbocycles.